The third kappa shape index (κ3) is 1.62. The summed E-state index contributed by atoms with van der Waals surface area (Å²) in [5, 5.41) is 3.67. The molecule has 1 heteroatoms. The highest BCUT2D eigenvalue weighted by molar-refractivity contribution is 5.63. The molecule has 0 aromatic heterocycles. The summed E-state index contributed by atoms with van der Waals surface area (Å²) in [7, 11) is 0. The summed E-state index contributed by atoms with van der Waals surface area (Å²) in [6.07, 6.45) is 0. The van der Waals surface area contributed by atoms with Crippen LogP contribution >= 0.6 is 0 Å². The van der Waals surface area contributed by atoms with Crippen molar-refractivity contribution in [2.75, 3.05) is 5.32 Å². The number of anilines is 1. The fraction of sp³-hybridized carbons (Fsp3) is 0.294. The standard InChI is InChI=1S/C17H19N/c1-12-9-10-15-14(11-12)17(2,3)16(18-15)13-7-5-4-6-8-13/h4-11,16,18H,1-3H3/t16-/m0/s1. The molecular formula is C17H19N. The first-order chi connectivity index (χ1) is 8.59. The molecule has 0 unspecified atom stereocenters. The molecule has 1 nitrogen and oxygen atoms in total. The van der Waals surface area contributed by atoms with Crippen LogP contribution in [0.2, 0.25) is 0 Å². The van der Waals surface area contributed by atoms with Crippen molar-refractivity contribution in [3.05, 3.63) is 65.2 Å². The first-order valence-electron chi connectivity index (χ1n) is 6.51. The van der Waals surface area contributed by atoms with Crippen LogP contribution in [0.25, 0.3) is 0 Å². The van der Waals surface area contributed by atoms with Crippen LogP contribution in [0.3, 0.4) is 0 Å². The predicted octanol–water partition coefficient (Wildman–Crippen LogP) is 4.44. The van der Waals surface area contributed by atoms with Gasteiger partial charge in [0.05, 0.1) is 6.04 Å². The minimum Gasteiger partial charge on any atom is -0.377 e. The van der Waals surface area contributed by atoms with Crippen LogP contribution in [0.4, 0.5) is 5.69 Å². The third-order valence-corrected chi connectivity index (χ3v) is 4.02. The maximum absolute atomic E-state index is 3.67. The summed E-state index contributed by atoms with van der Waals surface area (Å²) in [6.45, 7) is 6.80. The Labute approximate surface area is 109 Å². The molecule has 0 spiro atoms. The first-order valence-corrected chi connectivity index (χ1v) is 6.51. The summed E-state index contributed by atoms with van der Waals surface area (Å²) < 4.78 is 0. The van der Waals surface area contributed by atoms with E-state index in [1.807, 2.05) is 0 Å². The Kier molecular flexibility index (Phi) is 2.44. The van der Waals surface area contributed by atoms with Gasteiger partial charge >= 0.3 is 0 Å². The van der Waals surface area contributed by atoms with Crippen molar-refractivity contribution in [3.8, 4) is 0 Å². The molecule has 2 aromatic rings. The van der Waals surface area contributed by atoms with Crippen molar-refractivity contribution in [1.82, 2.24) is 0 Å². The lowest BCUT2D eigenvalue weighted by Crippen LogP contribution is -2.25. The highest BCUT2D eigenvalue weighted by Crippen LogP contribution is 2.48. The summed E-state index contributed by atoms with van der Waals surface area (Å²) in [4.78, 5) is 0. The first kappa shape index (κ1) is 11.3. The van der Waals surface area contributed by atoms with E-state index in [1.54, 1.807) is 0 Å². The fourth-order valence-electron chi connectivity index (χ4n) is 2.95. The van der Waals surface area contributed by atoms with Crippen molar-refractivity contribution in [2.24, 2.45) is 0 Å². The molecule has 1 heterocycles. The maximum Gasteiger partial charge on any atom is 0.0606 e. The lowest BCUT2D eigenvalue weighted by Gasteiger charge is -2.28. The predicted molar refractivity (Wildman–Crippen MR) is 77.0 cm³/mol. The molecule has 0 aliphatic carbocycles. The van der Waals surface area contributed by atoms with Gasteiger partial charge in [0.2, 0.25) is 0 Å². The zero-order chi connectivity index (χ0) is 12.8. The Morgan fingerprint density at radius 1 is 1.00 bits per heavy atom. The fourth-order valence-corrected chi connectivity index (χ4v) is 2.95. The average Bonchev–Trinajstić information content (AvgIpc) is 2.63. The van der Waals surface area contributed by atoms with Crippen molar-refractivity contribution in [1.29, 1.82) is 0 Å². The Morgan fingerprint density at radius 3 is 2.44 bits per heavy atom. The molecule has 0 saturated carbocycles. The Bertz CT molecular complexity index is 569. The number of hydrogen-bond donors (Lipinski definition) is 1. The van der Waals surface area contributed by atoms with Crippen molar-refractivity contribution >= 4 is 5.69 Å². The third-order valence-electron chi connectivity index (χ3n) is 4.02. The molecule has 1 N–H and O–H groups in total. The molecule has 92 valence electrons. The summed E-state index contributed by atoms with van der Waals surface area (Å²) >= 11 is 0. The quantitative estimate of drug-likeness (QED) is 0.773. The van der Waals surface area contributed by atoms with Gasteiger partial charge in [-0.3, -0.25) is 0 Å². The Balaban J connectivity index is 2.08. The number of hydrogen-bond acceptors (Lipinski definition) is 1. The van der Waals surface area contributed by atoms with E-state index in [-0.39, 0.29) is 5.41 Å². The van der Waals surface area contributed by atoms with Crippen LogP contribution in [-0.4, -0.2) is 0 Å². The maximum atomic E-state index is 3.67. The SMILES string of the molecule is Cc1ccc2c(c1)C(C)(C)[C@H](c1ccccc1)N2. The van der Waals surface area contributed by atoms with E-state index in [0.29, 0.717) is 6.04 Å². The molecule has 0 radical (unpaired) electrons. The van der Waals surface area contributed by atoms with Crippen LogP contribution < -0.4 is 5.32 Å². The minimum atomic E-state index is 0.128. The molecule has 0 fully saturated rings. The number of fused-ring (bicyclic) bond motifs is 1. The number of benzene rings is 2. The molecule has 0 saturated heterocycles. The zero-order valence-corrected chi connectivity index (χ0v) is 11.2. The van der Waals surface area contributed by atoms with Crippen LogP contribution in [0.5, 0.6) is 0 Å². The van der Waals surface area contributed by atoms with Crippen LogP contribution in [0, 0.1) is 6.92 Å². The second-order valence-electron chi connectivity index (χ2n) is 5.76. The zero-order valence-electron chi connectivity index (χ0n) is 11.2. The van der Waals surface area contributed by atoms with Gasteiger partial charge in [-0.25, -0.2) is 0 Å². The van der Waals surface area contributed by atoms with Gasteiger partial charge in [0.25, 0.3) is 0 Å². The van der Waals surface area contributed by atoms with Crippen LogP contribution in [0.1, 0.15) is 36.6 Å². The van der Waals surface area contributed by atoms with Gasteiger partial charge in [0, 0.05) is 11.1 Å². The number of aryl methyl sites for hydroxylation is 1. The van der Waals surface area contributed by atoms with Crippen molar-refractivity contribution in [2.45, 2.75) is 32.2 Å². The van der Waals surface area contributed by atoms with Gasteiger partial charge in [0.15, 0.2) is 0 Å². The summed E-state index contributed by atoms with van der Waals surface area (Å²) in [6, 6.07) is 17.8. The van der Waals surface area contributed by atoms with Gasteiger partial charge in [-0.2, -0.15) is 0 Å². The molecule has 18 heavy (non-hydrogen) atoms. The van der Waals surface area contributed by atoms with Gasteiger partial charge < -0.3 is 5.32 Å². The number of nitrogens with one attached hydrogen (secondary N) is 1. The smallest absolute Gasteiger partial charge is 0.0606 e. The molecule has 0 bridgehead atoms. The van der Waals surface area contributed by atoms with Gasteiger partial charge in [-0.05, 0) is 24.1 Å². The molecule has 1 aliphatic heterocycles. The lowest BCUT2D eigenvalue weighted by molar-refractivity contribution is 0.474. The van der Waals surface area contributed by atoms with E-state index in [1.165, 1.54) is 22.4 Å². The second-order valence-corrected chi connectivity index (χ2v) is 5.76. The van der Waals surface area contributed by atoms with E-state index >= 15 is 0 Å². The van der Waals surface area contributed by atoms with Crippen LogP contribution in [0.15, 0.2) is 48.5 Å². The molecule has 0 amide bonds. The minimum absolute atomic E-state index is 0.128. The van der Waals surface area contributed by atoms with E-state index < -0.39 is 0 Å². The molecule has 2 aromatic carbocycles. The molecular weight excluding hydrogens is 218 g/mol. The highest BCUT2D eigenvalue weighted by atomic mass is 15.0. The lowest BCUT2D eigenvalue weighted by atomic mass is 9.77. The van der Waals surface area contributed by atoms with E-state index in [0.717, 1.165) is 0 Å². The Morgan fingerprint density at radius 2 is 1.72 bits per heavy atom. The van der Waals surface area contributed by atoms with E-state index in [9.17, 15) is 0 Å². The number of rotatable bonds is 1. The molecule has 1 atom stereocenters. The molecule has 3 rings (SSSR count). The topological polar surface area (TPSA) is 12.0 Å². The summed E-state index contributed by atoms with van der Waals surface area (Å²) in [5.41, 5.74) is 5.52. The summed E-state index contributed by atoms with van der Waals surface area (Å²) in [5.74, 6) is 0. The molecule has 1 aliphatic rings. The van der Waals surface area contributed by atoms with Gasteiger partial charge in [-0.1, -0.05) is 61.9 Å². The van der Waals surface area contributed by atoms with Crippen molar-refractivity contribution < 1.29 is 0 Å². The van der Waals surface area contributed by atoms with E-state index in [4.69, 9.17) is 0 Å². The normalized spacial score (nSPS) is 20.3. The van der Waals surface area contributed by atoms with Crippen LogP contribution in [-0.2, 0) is 5.41 Å². The van der Waals surface area contributed by atoms with Gasteiger partial charge in [0.1, 0.15) is 0 Å². The van der Waals surface area contributed by atoms with Crippen molar-refractivity contribution in [3.63, 3.8) is 0 Å². The second kappa shape index (κ2) is 3.88. The monoisotopic (exact) mass is 237 g/mol. The Hall–Kier alpha value is -1.76. The largest absolute Gasteiger partial charge is 0.377 e. The highest BCUT2D eigenvalue weighted by Gasteiger charge is 2.39. The average molecular weight is 237 g/mol. The van der Waals surface area contributed by atoms with Gasteiger partial charge in [-0.15, -0.1) is 0 Å². The van der Waals surface area contributed by atoms with E-state index in [2.05, 4.69) is 74.6 Å².